The van der Waals surface area contributed by atoms with E-state index in [1.54, 1.807) is 49.1 Å². The van der Waals surface area contributed by atoms with E-state index in [4.69, 9.17) is 9.47 Å². The number of rotatable bonds is 7. The molecule has 7 heteroatoms. The van der Waals surface area contributed by atoms with Crippen molar-refractivity contribution in [3.8, 4) is 11.5 Å². The Bertz CT molecular complexity index is 1360. The topological polar surface area (TPSA) is 82.5 Å². The first-order valence-electron chi connectivity index (χ1n) is 10.7. The molecule has 0 spiro atoms. The number of carbonyl (C=O) groups is 1. The molecule has 0 saturated carbocycles. The Balaban J connectivity index is 1.67. The van der Waals surface area contributed by atoms with Gasteiger partial charge in [0.2, 0.25) is 0 Å². The van der Waals surface area contributed by atoms with Crippen LogP contribution in [0.25, 0.3) is 10.9 Å². The molecule has 2 aromatic carbocycles. The SMILES string of the molecule is CCOc1ccccc1NC(=O)c1cc2c(=O)n(Cc3ccc(OC)cc3)ccc2nc1C. The van der Waals surface area contributed by atoms with Gasteiger partial charge < -0.3 is 19.4 Å². The largest absolute Gasteiger partial charge is 0.497 e. The number of nitrogens with zero attached hydrogens (tertiary/aromatic N) is 2. The third kappa shape index (κ3) is 4.72. The highest BCUT2D eigenvalue weighted by molar-refractivity contribution is 6.07. The predicted octanol–water partition coefficient (Wildman–Crippen LogP) is 4.41. The molecule has 0 unspecified atom stereocenters. The maximum absolute atomic E-state index is 13.2. The number of pyridine rings is 2. The van der Waals surface area contributed by atoms with Gasteiger partial charge in [0.15, 0.2) is 0 Å². The number of aromatic nitrogens is 2. The third-order valence-corrected chi connectivity index (χ3v) is 5.34. The molecule has 0 aliphatic rings. The van der Waals surface area contributed by atoms with Crippen LogP contribution in [-0.4, -0.2) is 29.2 Å². The van der Waals surface area contributed by atoms with Gasteiger partial charge in [0.05, 0.1) is 48.1 Å². The molecule has 0 aliphatic carbocycles. The van der Waals surface area contributed by atoms with Crippen LogP contribution in [0.5, 0.6) is 11.5 Å². The van der Waals surface area contributed by atoms with Gasteiger partial charge >= 0.3 is 0 Å². The average Bonchev–Trinajstić information content (AvgIpc) is 2.82. The molecule has 4 rings (SSSR count). The number of methoxy groups -OCH3 is 1. The fourth-order valence-electron chi connectivity index (χ4n) is 3.63. The van der Waals surface area contributed by atoms with Gasteiger partial charge in [0.1, 0.15) is 11.5 Å². The Morgan fingerprint density at radius 1 is 1.09 bits per heavy atom. The highest BCUT2D eigenvalue weighted by Crippen LogP contribution is 2.25. The normalized spacial score (nSPS) is 10.8. The lowest BCUT2D eigenvalue weighted by molar-refractivity contribution is 0.102. The van der Waals surface area contributed by atoms with Gasteiger partial charge in [0, 0.05) is 6.20 Å². The molecule has 0 radical (unpaired) electrons. The number of anilines is 1. The summed E-state index contributed by atoms with van der Waals surface area (Å²) >= 11 is 0. The molecule has 4 aromatic rings. The van der Waals surface area contributed by atoms with Crippen LogP contribution >= 0.6 is 0 Å². The van der Waals surface area contributed by atoms with Crippen molar-refractivity contribution >= 4 is 22.5 Å². The summed E-state index contributed by atoms with van der Waals surface area (Å²) in [5.74, 6) is 0.992. The van der Waals surface area contributed by atoms with Crippen LogP contribution in [0.2, 0.25) is 0 Å². The van der Waals surface area contributed by atoms with E-state index < -0.39 is 0 Å². The number of hydrogen-bond donors (Lipinski definition) is 1. The molecule has 7 nitrogen and oxygen atoms in total. The molecule has 168 valence electrons. The quantitative estimate of drug-likeness (QED) is 0.457. The molecule has 0 aliphatic heterocycles. The van der Waals surface area contributed by atoms with Crippen LogP contribution in [0.1, 0.15) is 28.5 Å². The highest BCUT2D eigenvalue weighted by Gasteiger charge is 2.16. The summed E-state index contributed by atoms with van der Waals surface area (Å²) in [5.41, 5.74) is 2.75. The average molecular weight is 444 g/mol. The summed E-state index contributed by atoms with van der Waals surface area (Å²) in [6.45, 7) is 4.52. The second-order valence-corrected chi connectivity index (χ2v) is 7.53. The smallest absolute Gasteiger partial charge is 0.260 e. The monoisotopic (exact) mass is 443 g/mol. The van der Waals surface area contributed by atoms with E-state index in [-0.39, 0.29) is 11.5 Å². The fraction of sp³-hybridized carbons (Fsp3) is 0.192. The van der Waals surface area contributed by atoms with E-state index >= 15 is 0 Å². The van der Waals surface area contributed by atoms with Crippen molar-refractivity contribution in [1.29, 1.82) is 0 Å². The summed E-state index contributed by atoms with van der Waals surface area (Å²) < 4.78 is 12.4. The molecule has 0 saturated heterocycles. The number of nitrogens with one attached hydrogen (secondary N) is 1. The van der Waals surface area contributed by atoms with Crippen LogP contribution in [0.3, 0.4) is 0 Å². The predicted molar refractivity (Wildman–Crippen MR) is 128 cm³/mol. The second kappa shape index (κ2) is 9.56. The van der Waals surface area contributed by atoms with E-state index in [1.807, 2.05) is 43.3 Å². The first-order valence-corrected chi connectivity index (χ1v) is 10.7. The zero-order valence-corrected chi connectivity index (χ0v) is 18.8. The third-order valence-electron chi connectivity index (χ3n) is 5.34. The van der Waals surface area contributed by atoms with Crippen molar-refractivity contribution in [3.05, 3.63) is 94.0 Å². The van der Waals surface area contributed by atoms with Gasteiger partial charge in [-0.2, -0.15) is 0 Å². The van der Waals surface area contributed by atoms with Crippen molar-refractivity contribution < 1.29 is 14.3 Å². The van der Waals surface area contributed by atoms with Crippen LogP contribution in [0.15, 0.2) is 71.7 Å². The van der Waals surface area contributed by atoms with Crippen molar-refractivity contribution in [1.82, 2.24) is 9.55 Å². The number of para-hydroxylation sites is 2. The lowest BCUT2D eigenvalue weighted by atomic mass is 10.1. The van der Waals surface area contributed by atoms with Gasteiger partial charge in [0.25, 0.3) is 11.5 Å². The molecular weight excluding hydrogens is 418 g/mol. The van der Waals surface area contributed by atoms with Gasteiger partial charge in [-0.3, -0.25) is 14.6 Å². The Kier molecular flexibility index (Phi) is 6.40. The Morgan fingerprint density at radius 3 is 2.58 bits per heavy atom. The summed E-state index contributed by atoms with van der Waals surface area (Å²) in [6, 6.07) is 18.2. The fourth-order valence-corrected chi connectivity index (χ4v) is 3.63. The van der Waals surface area contributed by atoms with E-state index in [0.29, 0.717) is 46.7 Å². The number of ether oxygens (including phenoxy) is 2. The van der Waals surface area contributed by atoms with Crippen molar-refractivity contribution in [2.45, 2.75) is 20.4 Å². The van der Waals surface area contributed by atoms with E-state index in [1.165, 1.54) is 0 Å². The van der Waals surface area contributed by atoms with Gasteiger partial charge in [-0.25, -0.2) is 0 Å². The van der Waals surface area contributed by atoms with Crippen molar-refractivity contribution in [2.24, 2.45) is 0 Å². The van der Waals surface area contributed by atoms with Gasteiger partial charge in [-0.1, -0.05) is 24.3 Å². The zero-order chi connectivity index (χ0) is 23.4. The first kappa shape index (κ1) is 22.1. The number of amides is 1. The maximum atomic E-state index is 13.2. The minimum absolute atomic E-state index is 0.209. The number of benzene rings is 2. The van der Waals surface area contributed by atoms with E-state index in [0.717, 1.165) is 11.3 Å². The summed E-state index contributed by atoms with van der Waals surface area (Å²) in [7, 11) is 1.61. The van der Waals surface area contributed by atoms with Crippen LogP contribution in [-0.2, 0) is 6.54 Å². The van der Waals surface area contributed by atoms with Crippen molar-refractivity contribution in [3.63, 3.8) is 0 Å². The number of aryl methyl sites for hydroxylation is 1. The molecular formula is C26H25N3O4. The van der Waals surface area contributed by atoms with Crippen LogP contribution < -0.4 is 20.3 Å². The molecule has 0 bridgehead atoms. The van der Waals surface area contributed by atoms with Crippen molar-refractivity contribution in [2.75, 3.05) is 19.0 Å². The highest BCUT2D eigenvalue weighted by atomic mass is 16.5. The minimum Gasteiger partial charge on any atom is -0.497 e. The number of fused-ring (bicyclic) bond motifs is 1. The van der Waals surface area contributed by atoms with Crippen LogP contribution in [0.4, 0.5) is 5.69 Å². The van der Waals surface area contributed by atoms with E-state index in [2.05, 4.69) is 10.3 Å². The summed E-state index contributed by atoms with van der Waals surface area (Å²) in [5, 5.41) is 3.27. The Labute approximate surface area is 191 Å². The molecule has 0 fully saturated rings. The molecule has 2 heterocycles. The van der Waals surface area contributed by atoms with Gasteiger partial charge in [-0.05, 0) is 55.8 Å². The standard InChI is InChI=1S/C26H25N3O4/c1-4-33-24-8-6-5-7-23(24)28-25(30)20-15-21-22(27-17(20)2)13-14-29(26(21)31)16-18-9-11-19(32-3)12-10-18/h5-15H,4,16H2,1-3H3,(H,28,30). The number of hydrogen-bond acceptors (Lipinski definition) is 5. The minimum atomic E-state index is -0.348. The zero-order valence-electron chi connectivity index (χ0n) is 18.8. The van der Waals surface area contributed by atoms with E-state index in [9.17, 15) is 9.59 Å². The molecule has 2 aromatic heterocycles. The molecule has 33 heavy (non-hydrogen) atoms. The summed E-state index contributed by atoms with van der Waals surface area (Å²) in [4.78, 5) is 30.7. The molecule has 0 atom stereocenters. The molecule has 1 N–H and O–H groups in total. The lowest BCUT2D eigenvalue weighted by Crippen LogP contribution is -2.22. The Hall–Kier alpha value is -4.13. The lowest BCUT2D eigenvalue weighted by Gasteiger charge is -2.13. The maximum Gasteiger partial charge on any atom is 0.260 e. The first-order chi connectivity index (χ1) is 16.0. The Morgan fingerprint density at radius 2 is 1.85 bits per heavy atom. The summed E-state index contributed by atoms with van der Waals surface area (Å²) in [6.07, 6.45) is 1.72. The number of carbonyl (C=O) groups excluding carboxylic acids is 1. The van der Waals surface area contributed by atoms with Gasteiger partial charge in [-0.15, -0.1) is 0 Å². The van der Waals surface area contributed by atoms with Crippen LogP contribution in [0, 0.1) is 6.92 Å². The second-order valence-electron chi connectivity index (χ2n) is 7.53. The molecule has 1 amide bonds.